The molecule has 3 heterocycles. The zero-order valence-electron chi connectivity index (χ0n) is 15.3. The van der Waals surface area contributed by atoms with E-state index in [0.29, 0.717) is 37.3 Å². The van der Waals surface area contributed by atoms with E-state index in [9.17, 15) is 14.4 Å². The van der Waals surface area contributed by atoms with Gasteiger partial charge in [-0.05, 0) is 35.7 Å². The molecule has 8 heteroatoms. The van der Waals surface area contributed by atoms with Gasteiger partial charge in [-0.3, -0.25) is 24.7 Å². The molecule has 4 rings (SSSR count). The van der Waals surface area contributed by atoms with E-state index >= 15 is 0 Å². The van der Waals surface area contributed by atoms with Crippen molar-refractivity contribution < 1.29 is 14.4 Å². The van der Waals surface area contributed by atoms with E-state index in [0.717, 1.165) is 16.8 Å². The highest BCUT2D eigenvalue weighted by Crippen LogP contribution is 2.28. The number of carbonyl (C=O) groups is 3. The molecule has 1 aromatic heterocycles. The molecule has 0 spiro atoms. The summed E-state index contributed by atoms with van der Waals surface area (Å²) in [6, 6.07) is 8.68. The molecule has 0 saturated carbocycles. The van der Waals surface area contributed by atoms with Crippen LogP contribution in [-0.2, 0) is 29.2 Å². The third-order valence-corrected chi connectivity index (χ3v) is 5.06. The first kappa shape index (κ1) is 18.1. The van der Waals surface area contributed by atoms with Crippen molar-refractivity contribution in [1.82, 2.24) is 20.5 Å². The van der Waals surface area contributed by atoms with Crippen molar-refractivity contribution >= 4 is 23.4 Å². The lowest BCUT2D eigenvalue weighted by atomic mass is 10.0. The van der Waals surface area contributed by atoms with Crippen molar-refractivity contribution in [2.24, 2.45) is 0 Å². The molecule has 1 saturated heterocycles. The lowest BCUT2D eigenvalue weighted by Gasteiger charge is -2.29. The molecule has 2 aromatic rings. The molecule has 2 aliphatic heterocycles. The fraction of sp³-hybridized carbons (Fsp3) is 0.300. The third kappa shape index (κ3) is 3.59. The SMILES string of the molecule is Nc1ccnc(CNCc2ccc3c(c2)CN(C2CCC(=O)NC2=O)C3=O)c1. The second kappa shape index (κ2) is 7.40. The number of amides is 3. The van der Waals surface area contributed by atoms with Gasteiger partial charge in [-0.15, -0.1) is 0 Å². The predicted octanol–water partition coefficient (Wildman–Crippen LogP) is 0.715. The topological polar surface area (TPSA) is 117 Å². The van der Waals surface area contributed by atoms with Crippen LogP contribution >= 0.6 is 0 Å². The summed E-state index contributed by atoms with van der Waals surface area (Å²) in [6.07, 6.45) is 2.30. The van der Waals surface area contributed by atoms with E-state index in [4.69, 9.17) is 5.73 Å². The summed E-state index contributed by atoms with van der Waals surface area (Å²) in [5, 5.41) is 5.63. The Kier molecular flexibility index (Phi) is 4.79. The molecule has 0 radical (unpaired) electrons. The Hall–Kier alpha value is -3.26. The summed E-state index contributed by atoms with van der Waals surface area (Å²) >= 11 is 0. The van der Waals surface area contributed by atoms with Crippen LogP contribution in [-0.4, -0.2) is 33.6 Å². The average molecular weight is 379 g/mol. The smallest absolute Gasteiger partial charge is 0.255 e. The van der Waals surface area contributed by atoms with Crippen LogP contribution in [0.4, 0.5) is 5.69 Å². The third-order valence-electron chi connectivity index (χ3n) is 5.06. The molecule has 1 aromatic carbocycles. The van der Waals surface area contributed by atoms with E-state index < -0.39 is 11.9 Å². The summed E-state index contributed by atoms with van der Waals surface area (Å²) in [5.74, 6) is -0.838. The van der Waals surface area contributed by atoms with Crippen LogP contribution in [0.15, 0.2) is 36.5 Å². The zero-order valence-corrected chi connectivity index (χ0v) is 15.3. The van der Waals surface area contributed by atoms with Crippen molar-refractivity contribution in [3.63, 3.8) is 0 Å². The van der Waals surface area contributed by atoms with E-state index in [1.165, 1.54) is 0 Å². The number of fused-ring (bicyclic) bond motifs is 1. The molecular formula is C20H21N5O3. The highest BCUT2D eigenvalue weighted by atomic mass is 16.2. The summed E-state index contributed by atoms with van der Waals surface area (Å²) in [6.45, 7) is 1.59. The van der Waals surface area contributed by atoms with Gasteiger partial charge in [0.05, 0.1) is 5.69 Å². The van der Waals surface area contributed by atoms with Gasteiger partial charge in [0.15, 0.2) is 0 Å². The predicted molar refractivity (Wildman–Crippen MR) is 102 cm³/mol. The standard InChI is InChI=1S/C20H21N5O3/c21-14-5-6-23-15(8-14)10-22-9-12-1-2-16-13(7-12)11-25(20(16)28)17-3-4-18(26)24-19(17)27/h1-2,5-8,17,22H,3-4,9-11H2,(H2,21,23)(H,24,26,27). The molecule has 0 bridgehead atoms. The maximum Gasteiger partial charge on any atom is 0.255 e. The minimum absolute atomic E-state index is 0.159. The average Bonchev–Trinajstić information content (AvgIpc) is 2.98. The molecule has 1 unspecified atom stereocenters. The van der Waals surface area contributed by atoms with Crippen LogP contribution in [0.25, 0.3) is 0 Å². The first-order valence-electron chi connectivity index (χ1n) is 9.19. The maximum atomic E-state index is 12.7. The molecule has 0 aliphatic carbocycles. The monoisotopic (exact) mass is 379 g/mol. The fourth-order valence-electron chi connectivity index (χ4n) is 3.67. The van der Waals surface area contributed by atoms with E-state index in [1.54, 1.807) is 23.2 Å². The van der Waals surface area contributed by atoms with Gasteiger partial charge < -0.3 is 16.0 Å². The maximum absolute atomic E-state index is 12.7. The number of nitrogens with two attached hydrogens (primary N) is 1. The Morgan fingerprint density at radius 1 is 1.18 bits per heavy atom. The lowest BCUT2D eigenvalue weighted by molar-refractivity contribution is -0.136. The van der Waals surface area contributed by atoms with E-state index in [1.807, 2.05) is 18.2 Å². The zero-order chi connectivity index (χ0) is 19.7. The highest BCUT2D eigenvalue weighted by molar-refractivity contribution is 6.05. The first-order valence-corrected chi connectivity index (χ1v) is 9.19. The molecule has 4 N–H and O–H groups in total. The number of nitrogens with zero attached hydrogens (tertiary/aromatic N) is 2. The number of hydrogen-bond donors (Lipinski definition) is 3. The normalized spacial score (nSPS) is 18.9. The minimum Gasteiger partial charge on any atom is -0.399 e. The summed E-state index contributed by atoms with van der Waals surface area (Å²) < 4.78 is 0. The molecular weight excluding hydrogens is 358 g/mol. The van der Waals surface area contributed by atoms with Crippen LogP contribution < -0.4 is 16.4 Å². The number of carbonyl (C=O) groups excluding carboxylic acids is 3. The highest BCUT2D eigenvalue weighted by Gasteiger charge is 2.38. The Labute approximate surface area is 162 Å². The number of pyridine rings is 1. The second-order valence-corrected chi connectivity index (χ2v) is 7.08. The fourth-order valence-corrected chi connectivity index (χ4v) is 3.67. The molecule has 1 atom stereocenters. The summed E-state index contributed by atoms with van der Waals surface area (Å²) in [4.78, 5) is 42.0. The number of benzene rings is 1. The van der Waals surface area contributed by atoms with Crippen molar-refractivity contribution in [2.45, 2.75) is 38.5 Å². The quantitative estimate of drug-likeness (QED) is 0.659. The summed E-state index contributed by atoms with van der Waals surface area (Å²) in [5.41, 5.74) is 9.85. The number of hydrogen-bond acceptors (Lipinski definition) is 6. The van der Waals surface area contributed by atoms with Gasteiger partial charge in [0.2, 0.25) is 11.8 Å². The number of nitrogen functional groups attached to an aromatic ring is 1. The first-order chi connectivity index (χ1) is 13.5. The number of piperidine rings is 1. The number of imide groups is 1. The number of nitrogens with one attached hydrogen (secondary N) is 2. The van der Waals surface area contributed by atoms with Gasteiger partial charge in [0.25, 0.3) is 5.91 Å². The molecule has 144 valence electrons. The Balaban J connectivity index is 1.41. The molecule has 28 heavy (non-hydrogen) atoms. The largest absolute Gasteiger partial charge is 0.399 e. The van der Waals surface area contributed by atoms with E-state index in [2.05, 4.69) is 15.6 Å². The Morgan fingerprint density at radius 2 is 2.04 bits per heavy atom. The Morgan fingerprint density at radius 3 is 2.82 bits per heavy atom. The van der Waals surface area contributed by atoms with Gasteiger partial charge in [-0.25, -0.2) is 0 Å². The molecule has 8 nitrogen and oxygen atoms in total. The van der Waals surface area contributed by atoms with Crippen LogP contribution in [0.1, 0.15) is 40.0 Å². The number of anilines is 1. The van der Waals surface area contributed by atoms with Crippen molar-refractivity contribution in [2.75, 3.05) is 5.73 Å². The van der Waals surface area contributed by atoms with Gasteiger partial charge in [-0.1, -0.05) is 12.1 Å². The van der Waals surface area contributed by atoms with Crippen LogP contribution in [0.2, 0.25) is 0 Å². The van der Waals surface area contributed by atoms with Crippen molar-refractivity contribution in [3.05, 3.63) is 58.9 Å². The summed E-state index contributed by atoms with van der Waals surface area (Å²) in [7, 11) is 0. The molecule has 1 fully saturated rings. The number of aromatic nitrogens is 1. The molecule has 2 aliphatic rings. The van der Waals surface area contributed by atoms with Crippen molar-refractivity contribution in [3.8, 4) is 0 Å². The minimum atomic E-state index is -0.589. The Bertz CT molecular complexity index is 959. The van der Waals surface area contributed by atoms with Gasteiger partial charge in [-0.2, -0.15) is 0 Å². The van der Waals surface area contributed by atoms with Gasteiger partial charge >= 0.3 is 0 Å². The van der Waals surface area contributed by atoms with Gasteiger partial charge in [0.1, 0.15) is 6.04 Å². The van der Waals surface area contributed by atoms with Gasteiger partial charge in [0, 0.05) is 43.5 Å². The van der Waals surface area contributed by atoms with Crippen LogP contribution in [0, 0.1) is 0 Å². The number of rotatable bonds is 5. The van der Waals surface area contributed by atoms with Crippen molar-refractivity contribution in [1.29, 1.82) is 0 Å². The van der Waals surface area contributed by atoms with Crippen LogP contribution in [0.5, 0.6) is 0 Å². The van der Waals surface area contributed by atoms with E-state index in [-0.39, 0.29) is 18.2 Å². The second-order valence-electron chi connectivity index (χ2n) is 7.08. The van der Waals surface area contributed by atoms with Crippen LogP contribution in [0.3, 0.4) is 0 Å². The molecule has 3 amide bonds. The lowest BCUT2D eigenvalue weighted by Crippen LogP contribution is -2.52.